The molecule has 2 N–H and O–H groups in total. The predicted molar refractivity (Wildman–Crippen MR) is 76.5 cm³/mol. The minimum atomic E-state index is -0.363. The van der Waals surface area contributed by atoms with Gasteiger partial charge in [0.25, 0.3) is 11.5 Å². The van der Waals surface area contributed by atoms with Crippen LogP contribution in [-0.4, -0.2) is 20.9 Å². The standard InChI is InChI=1S/C15H16N4O3/c20-12-5-10(18-14(19-12)9-3-4-9)15(21)16-6-11-13(8-1-2-8)22-7-17-11/h5,7-9H,1-4,6H2,(H,16,21)(H,18,19,20). The highest BCUT2D eigenvalue weighted by atomic mass is 16.3. The fraction of sp³-hybridized carbons (Fsp3) is 0.467. The van der Waals surface area contributed by atoms with E-state index in [9.17, 15) is 9.59 Å². The van der Waals surface area contributed by atoms with Crippen LogP contribution in [0.25, 0.3) is 0 Å². The van der Waals surface area contributed by atoms with E-state index in [2.05, 4.69) is 20.3 Å². The Morgan fingerprint density at radius 1 is 1.32 bits per heavy atom. The number of carbonyl (C=O) groups is 1. The number of hydrogen-bond acceptors (Lipinski definition) is 5. The van der Waals surface area contributed by atoms with Crippen LogP contribution in [0.15, 0.2) is 21.7 Å². The van der Waals surface area contributed by atoms with Gasteiger partial charge >= 0.3 is 0 Å². The maximum atomic E-state index is 12.2. The van der Waals surface area contributed by atoms with E-state index < -0.39 is 0 Å². The Hall–Kier alpha value is -2.44. The lowest BCUT2D eigenvalue weighted by Crippen LogP contribution is -2.27. The summed E-state index contributed by atoms with van der Waals surface area (Å²) in [5, 5.41) is 2.76. The highest BCUT2D eigenvalue weighted by Crippen LogP contribution is 2.41. The zero-order valence-corrected chi connectivity index (χ0v) is 12.0. The van der Waals surface area contributed by atoms with Gasteiger partial charge in [-0.2, -0.15) is 0 Å². The molecule has 0 aliphatic heterocycles. The van der Waals surface area contributed by atoms with Crippen LogP contribution in [0.2, 0.25) is 0 Å². The first-order valence-electron chi connectivity index (χ1n) is 7.52. The number of oxazole rings is 1. The normalized spacial score (nSPS) is 17.5. The van der Waals surface area contributed by atoms with Crippen molar-refractivity contribution in [1.29, 1.82) is 0 Å². The third-order valence-electron chi connectivity index (χ3n) is 3.99. The fourth-order valence-electron chi connectivity index (χ4n) is 2.49. The molecule has 7 nitrogen and oxygen atoms in total. The van der Waals surface area contributed by atoms with Gasteiger partial charge in [0.15, 0.2) is 6.39 Å². The zero-order chi connectivity index (χ0) is 15.1. The molecule has 22 heavy (non-hydrogen) atoms. The first kappa shape index (κ1) is 13.2. The number of carbonyl (C=O) groups excluding carboxylic acids is 1. The molecule has 2 heterocycles. The molecule has 2 fully saturated rings. The molecule has 2 saturated carbocycles. The lowest BCUT2D eigenvalue weighted by Gasteiger charge is -2.05. The third-order valence-corrected chi connectivity index (χ3v) is 3.99. The molecular formula is C15H16N4O3. The molecule has 4 rings (SSSR count). The lowest BCUT2D eigenvalue weighted by molar-refractivity contribution is 0.0944. The van der Waals surface area contributed by atoms with E-state index in [0.717, 1.165) is 37.1 Å². The maximum Gasteiger partial charge on any atom is 0.270 e. The van der Waals surface area contributed by atoms with Gasteiger partial charge in [0, 0.05) is 17.9 Å². The maximum absolute atomic E-state index is 12.2. The van der Waals surface area contributed by atoms with Gasteiger partial charge < -0.3 is 14.7 Å². The van der Waals surface area contributed by atoms with E-state index >= 15 is 0 Å². The molecule has 0 bridgehead atoms. The molecule has 0 radical (unpaired) electrons. The van der Waals surface area contributed by atoms with E-state index in [1.807, 2.05) is 0 Å². The highest BCUT2D eigenvalue weighted by molar-refractivity contribution is 5.92. The number of nitrogens with one attached hydrogen (secondary N) is 2. The average molecular weight is 300 g/mol. The molecule has 1 amide bonds. The minimum Gasteiger partial charge on any atom is -0.448 e. The summed E-state index contributed by atoms with van der Waals surface area (Å²) in [6.07, 6.45) is 5.65. The van der Waals surface area contributed by atoms with Gasteiger partial charge in [-0.05, 0) is 25.7 Å². The SMILES string of the molecule is O=C(NCc1ncoc1C1CC1)c1cc(=O)[nH]c(C2CC2)n1. The van der Waals surface area contributed by atoms with Gasteiger partial charge in [-0.15, -0.1) is 0 Å². The Balaban J connectivity index is 1.47. The quantitative estimate of drug-likeness (QED) is 0.870. The molecule has 0 saturated heterocycles. The summed E-state index contributed by atoms with van der Waals surface area (Å²) < 4.78 is 5.37. The first-order valence-corrected chi connectivity index (χ1v) is 7.52. The van der Waals surface area contributed by atoms with E-state index in [4.69, 9.17) is 4.42 Å². The zero-order valence-electron chi connectivity index (χ0n) is 12.0. The van der Waals surface area contributed by atoms with Gasteiger partial charge in [0.05, 0.1) is 6.54 Å². The summed E-state index contributed by atoms with van der Waals surface area (Å²) in [6, 6.07) is 1.23. The number of nitrogens with zero attached hydrogens (tertiary/aromatic N) is 2. The number of rotatable bonds is 5. The summed E-state index contributed by atoms with van der Waals surface area (Å²) in [4.78, 5) is 34.9. The molecular weight excluding hydrogens is 284 g/mol. The second kappa shape index (κ2) is 5.08. The molecule has 7 heteroatoms. The monoisotopic (exact) mass is 300 g/mol. The van der Waals surface area contributed by atoms with E-state index in [1.54, 1.807) is 0 Å². The number of H-pyrrole nitrogens is 1. The van der Waals surface area contributed by atoms with Crippen molar-refractivity contribution in [3.05, 3.63) is 45.8 Å². The van der Waals surface area contributed by atoms with Crippen molar-refractivity contribution in [3.8, 4) is 0 Å². The van der Waals surface area contributed by atoms with Crippen LogP contribution >= 0.6 is 0 Å². The Labute approximate surface area is 126 Å². The van der Waals surface area contributed by atoms with E-state index in [0.29, 0.717) is 11.7 Å². The van der Waals surface area contributed by atoms with Crippen molar-refractivity contribution < 1.29 is 9.21 Å². The lowest BCUT2D eigenvalue weighted by atomic mass is 10.2. The molecule has 0 unspecified atom stereocenters. The highest BCUT2D eigenvalue weighted by Gasteiger charge is 2.30. The van der Waals surface area contributed by atoms with Gasteiger partial charge in [-0.3, -0.25) is 9.59 Å². The number of amides is 1. The molecule has 2 aromatic heterocycles. The average Bonchev–Trinajstić information content (AvgIpc) is 3.42. The summed E-state index contributed by atoms with van der Waals surface area (Å²) >= 11 is 0. The van der Waals surface area contributed by atoms with Crippen LogP contribution in [-0.2, 0) is 6.54 Å². The summed E-state index contributed by atoms with van der Waals surface area (Å²) in [5.74, 6) is 1.83. The van der Waals surface area contributed by atoms with Crippen LogP contribution in [0.5, 0.6) is 0 Å². The molecule has 0 spiro atoms. The molecule has 2 aliphatic carbocycles. The van der Waals surface area contributed by atoms with Crippen molar-refractivity contribution in [2.24, 2.45) is 0 Å². The van der Waals surface area contributed by atoms with Crippen LogP contribution in [0.3, 0.4) is 0 Å². The summed E-state index contributed by atoms with van der Waals surface area (Å²) in [5.41, 5.74) is 0.618. The fourth-order valence-corrected chi connectivity index (χ4v) is 2.49. The summed E-state index contributed by atoms with van der Waals surface area (Å²) in [7, 11) is 0. The molecule has 0 aromatic carbocycles. The third kappa shape index (κ3) is 2.66. The largest absolute Gasteiger partial charge is 0.448 e. The Morgan fingerprint density at radius 2 is 2.09 bits per heavy atom. The Morgan fingerprint density at radius 3 is 2.82 bits per heavy atom. The molecule has 2 aromatic rings. The molecule has 0 atom stereocenters. The van der Waals surface area contributed by atoms with Gasteiger partial charge in [-0.1, -0.05) is 0 Å². The Kier molecular flexibility index (Phi) is 3.06. The number of aromatic amines is 1. The smallest absolute Gasteiger partial charge is 0.270 e. The number of aromatic nitrogens is 3. The first-order chi connectivity index (χ1) is 10.7. The van der Waals surface area contributed by atoms with Crippen molar-refractivity contribution in [2.75, 3.05) is 0 Å². The predicted octanol–water partition coefficient (Wildman–Crippen LogP) is 1.44. The minimum absolute atomic E-state index is 0.155. The Bertz CT molecular complexity index is 771. The van der Waals surface area contributed by atoms with E-state index in [-0.39, 0.29) is 29.6 Å². The van der Waals surface area contributed by atoms with Gasteiger partial charge in [0.2, 0.25) is 0 Å². The second-order valence-electron chi connectivity index (χ2n) is 5.91. The molecule has 2 aliphatic rings. The second-order valence-corrected chi connectivity index (χ2v) is 5.91. The van der Waals surface area contributed by atoms with Crippen molar-refractivity contribution >= 4 is 5.91 Å². The summed E-state index contributed by atoms with van der Waals surface area (Å²) in [6.45, 7) is 0.286. The van der Waals surface area contributed by atoms with Crippen LogP contribution in [0.1, 0.15) is 65.3 Å². The van der Waals surface area contributed by atoms with Crippen LogP contribution in [0, 0.1) is 0 Å². The topological polar surface area (TPSA) is 101 Å². The van der Waals surface area contributed by atoms with Gasteiger partial charge in [0.1, 0.15) is 23.0 Å². The van der Waals surface area contributed by atoms with Crippen LogP contribution in [0.4, 0.5) is 0 Å². The van der Waals surface area contributed by atoms with Crippen molar-refractivity contribution in [2.45, 2.75) is 44.1 Å². The van der Waals surface area contributed by atoms with Crippen molar-refractivity contribution in [3.63, 3.8) is 0 Å². The van der Waals surface area contributed by atoms with E-state index in [1.165, 1.54) is 12.5 Å². The van der Waals surface area contributed by atoms with Crippen molar-refractivity contribution in [1.82, 2.24) is 20.3 Å². The van der Waals surface area contributed by atoms with Crippen LogP contribution < -0.4 is 10.9 Å². The van der Waals surface area contributed by atoms with Gasteiger partial charge in [-0.25, -0.2) is 9.97 Å². The molecule has 114 valence electrons. The number of hydrogen-bond donors (Lipinski definition) is 2.